The molecule has 0 saturated heterocycles. The monoisotopic (exact) mass is 355 g/mol. The number of nitrogens with two attached hydrogens (primary N) is 1. The van der Waals surface area contributed by atoms with Gasteiger partial charge in [-0.2, -0.15) is 0 Å². The Labute approximate surface area is 158 Å². The average Bonchev–Trinajstić information content (AvgIpc) is 3.14. The Bertz CT molecular complexity index is 1080. The number of nitrogens with zero attached hydrogens (tertiary/aromatic N) is 1. The first-order chi connectivity index (χ1) is 13.3. The summed E-state index contributed by atoms with van der Waals surface area (Å²) in [4.78, 5) is 4.56. The van der Waals surface area contributed by atoms with Crippen LogP contribution in [0.3, 0.4) is 0 Å². The highest BCUT2D eigenvalue weighted by Gasteiger charge is 2.20. The summed E-state index contributed by atoms with van der Waals surface area (Å²) < 4.78 is 5.86. The fourth-order valence-electron chi connectivity index (χ4n) is 3.91. The number of rotatable bonds is 3. The van der Waals surface area contributed by atoms with Gasteiger partial charge in [-0.05, 0) is 60.7 Å². The summed E-state index contributed by atoms with van der Waals surface area (Å²) in [6.45, 7) is 0. The van der Waals surface area contributed by atoms with Crippen LogP contribution in [0.4, 0.5) is 11.4 Å². The number of aromatic nitrogens is 1. The van der Waals surface area contributed by atoms with Crippen LogP contribution in [0.25, 0.3) is 22.6 Å². The van der Waals surface area contributed by atoms with Crippen molar-refractivity contribution in [1.29, 1.82) is 0 Å². The van der Waals surface area contributed by atoms with Gasteiger partial charge < -0.3 is 15.5 Å². The number of hydrogen-bond acceptors (Lipinski definition) is 4. The van der Waals surface area contributed by atoms with E-state index in [-0.39, 0.29) is 0 Å². The standard InChI is InChI=1S/C23H21N3O/c24-18-14-16(23-26-21-9-3-4-11-22(21)27-23)12-13-20(18)25-19-10-5-7-15-6-1-2-8-17(15)19/h1-4,6,8-9,11-14,19,25H,5,7,10,24H2. The normalized spacial score (nSPS) is 16.2. The van der Waals surface area contributed by atoms with Crippen molar-refractivity contribution in [2.75, 3.05) is 11.1 Å². The summed E-state index contributed by atoms with van der Waals surface area (Å²) >= 11 is 0. The smallest absolute Gasteiger partial charge is 0.227 e. The van der Waals surface area contributed by atoms with E-state index in [0.29, 0.717) is 17.6 Å². The molecule has 1 aliphatic carbocycles. The topological polar surface area (TPSA) is 64.1 Å². The first-order valence-corrected chi connectivity index (χ1v) is 9.38. The van der Waals surface area contributed by atoms with Crippen LogP contribution in [0.15, 0.2) is 71.1 Å². The van der Waals surface area contributed by atoms with Gasteiger partial charge in [0.2, 0.25) is 5.89 Å². The first kappa shape index (κ1) is 15.9. The molecule has 4 nitrogen and oxygen atoms in total. The molecular weight excluding hydrogens is 334 g/mol. The van der Waals surface area contributed by atoms with E-state index in [2.05, 4.69) is 34.6 Å². The lowest BCUT2D eigenvalue weighted by Gasteiger charge is -2.27. The van der Waals surface area contributed by atoms with Crippen molar-refractivity contribution in [3.8, 4) is 11.5 Å². The van der Waals surface area contributed by atoms with Crippen LogP contribution >= 0.6 is 0 Å². The molecule has 4 heteroatoms. The molecule has 1 aromatic heterocycles. The molecule has 0 aliphatic heterocycles. The number of fused-ring (bicyclic) bond motifs is 2. The zero-order chi connectivity index (χ0) is 18.2. The summed E-state index contributed by atoms with van der Waals surface area (Å²) in [6.07, 6.45) is 3.46. The molecule has 27 heavy (non-hydrogen) atoms. The van der Waals surface area contributed by atoms with E-state index in [1.54, 1.807) is 0 Å². The Morgan fingerprint density at radius 3 is 2.74 bits per heavy atom. The molecule has 0 fully saturated rings. The Morgan fingerprint density at radius 2 is 1.85 bits per heavy atom. The molecular formula is C23H21N3O. The highest BCUT2D eigenvalue weighted by Crippen LogP contribution is 2.35. The van der Waals surface area contributed by atoms with Crippen LogP contribution in [-0.2, 0) is 6.42 Å². The maximum atomic E-state index is 6.36. The molecule has 0 saturated carbocycles. The van der Waals surface area contributed by atoms with Crippen molar-refractivity contribution in [1.82, 2.24) is 4.98 Å². The van der Waals surface area contributed by atoms with Crippen LogP contribution in [0.5, 0.6) is 0 Å². The third kappa shape index (κ3) is 2.93. The van der Waals surface area contributed by atoms with Gasteiger partial charge in [-0.25, -0.2) is 4.98 Å². The molecule has 1 aliphatic rings. The van der Waals surface area contributed by atoms with Crippen LogP contribution < -0.4 is 11.1 Å². The lowest BCUT2D eigenvalue weighted by molar-refractivity contribution is 0.600. The molecule has 0 spiro atoms. The van der Waals surface area contributed by atoms with E-state index in [4.69, 9.17) is 10.2 Å². The summed E-state index contributed by atoms with van der Waals surface area (Å²) in [6, 6.07) is 22.7. The minimum Gasteiger partial charge on any atom is -0.436 e. The summed E-state index contributed by atoms with van der Waals surface area (Å²) in [5.74, 6) is 0.595. The van der Waals surface area contributed by atoms with E-state index < -0.39 is 0 Å². The van der Waals surface area contributed by atoms with Crippen molar-refractivity contribution >= 4 is 22.5 Å². The van der Waals surface area contributed by atoms with Crippen molar-refractivity contribution in [3.63, 3.8) is 0 Å². The summed E-state index contributed by atoms with van der Waals surface area (Å²) in [5.41, 5.74) is 13.4. The predicted molar refractivity (Wildman–Crippen MR) is 110 cm³/mol. The maximum Gasteiger partial charge on any atom is 0.227 e. The lowest BCUT2D eigenvalue weighted by atomic mass is 9.87. The second-order valence-electron chi connectivity index (χ2n) is 7.08. The first-order valence-electron chi connectivity index (χ1n) is 9.38. The SMILES string of the molecule is Nc1cc(-c2nc3ccccc3o2)ccc1NC1CCCc2ccccc21. The second kappa shape index (κ2) is 6.47. The Morgan fingerprint density at radius 1 is 1.00 bits per heavy atom. The van der Waals surface area contributed by atoms with Gasteiger partial charge in [-0.15, -0.1) is 0 Å². The summed E-state index contributed by atoms with van der Waals surface area (Å²) in [7, 11) is 0. The Kier molecular flexibility index (Phi) is 3.82. The van der Waals surface area contributed by atoms with Gasteiger partial charge in [-0.3, -0.25) is 0 Å². The van der Waals surface area contributed by atoms with Crippen molar-refractivity contribution < 1.29 is 4.42 Å². The number of nitrogen functional groups attached to an aromatic ring is 1. The van der Waals surface area contributed by atoms with E-state index in [9.17, 15) is 0 Å². The second-order valence-corrected chi connectivity index (χ2v) is 7.08. The number of anilines is 2. The van der Waals surface area contributed by atoms with Crippen LogP contribution in [0.1, 0.15) is 30.0 Å². The highest BCUT2D eigenvalue weighted by atomic mass is 16.3. The minimum atomic E-state index is 0.299. The maximum absolute atomic E-state index is 6.36. The molecule has 4 aromatic rings. The van der Waals surface area contributed by atoms with Gasteiger partial charge in [0.05, 0.1) is 17.4 Å². The van der Waals surface area contributed by atoms with E-state index in [0.717, 1.165) is 35.2 Å². The number of para-hydroxylation sites is 2. The number of benzene rings is 3. The molecule has 1 unspecified atom stereocenters. The lowest BCUT2D eigenvalue weighted by Crippen LogP contribution is -2.17. The minimum absolute atomic E-state index is 0.299. The number of oxazole rings is 1. The number of nitrogens with one attached hydrogen (secondary N) is 1. The molecule has 0 radical (unpaired) electrons. The van der Waals surface area contributed by atoms with Crippen molar-refractivity contribution in [3.05, 3.63) is 77.9 Å². The Hall–Kier alpha value is -3.27. The van der Waals surface area contributed by atoms with Gasteiger partial charge in [0.25, 0.3) is 0 Å². The van der Waals surface area contributed by atoms with E-state index in [1.165, 1.54) is 17.5 Å². The van der Waals surface area contributed by atoms with Crippen LogP contribution in [-0.4, -0.2) is 4.98 Å². The molecule has 134 valence electrons. The highest BCUT2D eigenvalue weighted by molar-refractivity contribution is 5.78. The zero-order valence-corrected chi connectivity index (χ0v) is 15.0. The molecule has 3 N–H and O–H groups in total. The number of hydrogen-bond donors (Lipinski definition) is 2. The number of aryl methyl sites for hydroxylation is 1. The fourth-order valence-corrected chi connectivity index (χ4v) is 3.91. The van der Waals surface area contributed by atoms with E-state index in [1.807, 2.05) is 42.5 Å². The van der Waals surface area contributed by atoms with E-state index >= 15 is 0 Å². The predicted octanol–water partition coefficient (Wildman–Crippen LogP) is 5.57. The van der Waals surface area contributed by atoms with Crippen molar-refractivity contribution in [2.24, 2.45) is 0 Å². The zero-order valence-electron chi connectivity index (χ0n) is 15.0. The van der Waals surface area contributed by atoms with Crippen LogP contribution in [0, 0.1) is 0 Å². The molecule has 0 bridgehead atoms. The largest absolute Gasteiger partial charge is 0.436 e. The third-order valence-corrected chi connectivity index (χ3v) is 5.29. The van der Waals surface area contributed by atoms with Crippen LogP contribution in [0.2, 0.25) is 0 Å². The van der Waals surface area contributed by atoms with Gasteiger partial charge >= 0.3 is 0 Å². The van der Waals surface area contributed by atoms with Gasteiger partial charge in [0.1, 0.15) is 5.52 Å². The molecule has 1 atom stereocenters. The summed E-state index contributed by atoms with van der Waals surface area (Å²) in [5, 5.41) is 3.63. The van der Waals surface area contributed by atoms with Gasteiger partial charge in [0, 0.05) is 5.56 Å². The quantitative estimate of drug-likeness (QED) is 0.472. The molecule has 3 aromatic carbocycles. The molecule has 1 heterocycles. The third-order valence-electron chi connectivity index (χ3n) is 5.29. The van der Waals surface area contributed by atoms with Crippen molar-refractivity contribution in [2.45, 2.75) is 25.3 Å². The van der Waals surface area contributed by atoms with Gasteiger partial charge in [-0.1, -0.05) is 36.4 Å². The van der Waals surface area contributed by atoms with Gasteiger partial charge in [0.15, 0.2) is 5.58 Å². The molecule has 0 amide bonds. The average molecular weight is 355 g/mol. The molecule has 5 rings (SSSR count). The fraction of sp³-hybridized carbons (Fsp3) is 0.174. The Balaban J connectivity index is 1.44.